The van der Waals surface area contributed by atoms with Gasteiger partial charge in [0, 0.05) is 12.6 Å². The lowest BCUT2D eigenvalue weighted by Crippen LogP contribution is -2.33. The molecule has 0 atom stereocenters. The number of rotatable bonds is 3. The lowest BCUT2D eigenvalue weighted by atomic mass is 10.3. The minimum Gasteiger partial charge on any atom is -0.459 e. The number of carbonyl (C=O) groups excluding carboxylic acids is 2. The average molecular weight is 360 g/mol. The highest BCUT2D eigenvalue weighted by atomic mass is 32.1. The van der Waals surface area contributed by atoms with Crippen molar-refractivity contribution in [1.82, 2.24) is 10.3 Å². The van der Waals surface area contributed by atoms with Gasteiger partial charge in [0.2, 0.25) is 5.91 Å². The van der Waals surface area contributed by atoms with Crippen LogP contribution in [0.5, 0.6) is 0 Å². The van der Waals surface area contributed by atoms with Crippen LogP contribution >= 0.6 is 23.6 Å². The van der Waals surface area contributed by atoms with Crippen molar-refractivity contribution in [1.29, 1.82) is 0 Å². The molecule has 2 heterocycles. The van der Waals surface area contributed by atoms with E-state index in [0.717, 1.165) is 10.2 Å². The van der Waals surface area contributed by atoms with Gasteiger partial charge in [-0.3, -0.25) is 14.9 Å². The molecule has 9 heteroatoms. The molecule has 24 heavy (non-hydrogen) atoms. The van der Waals surface area contributed by atoms with Crippen LogP contribution in [0, 0.1) is 0 Å². The number of anilines is 2. The molecule has 0 aliphatic rings. The van der Waals surface area contributed by atoms with Crippen LogP contribution in [0.2, 0.25) is 0 Å². The number of hydrogen-bond donors (Lipinski definition) is 3. The zero-order chi connectivity index (χ0) is 17.1. The Labute approximate surface area is 146 Å². The monoisotopic (exact) mass is 360 g/mol. The topological polar surface area (TPSA) is 96.3 Å². The first kappa shape index (κ1) is 16.1. The van der Waals surface area contributed by atoms with Gasteiger partial charge in [0.25, 0.3) is 5.91 Å². The van der Waals surface area contributed by atoms with Crippen molar-refractivity contribution < 1.29 is 14.0 Å². The summed E-state index contributed by atoms with van der Waals surface area (Å²) >= 11 is 6.45. The Morgan fingerprint density at radius 1 is 1.25 bits per heavy atom. The molecule has 0 aliphatic carbocycles. The Hall–Kier alpha value is -2.78. The molecule has 0 unspecified atom stereocenters. The van der Waals surface area contributed by atoms with Crippen LogP contribution in [-0.2, 0) is 4.79 Å². The van der Waals surface area contributed by atoms with Crippen molar-refractivity contribution in [2.75, 3.05) is 10.6 Å². The van der Waals surface area contributed by atoms with Crippen LogP contribution in [0.25, 0.3) is 10.2 Å². The zero-order valence-electron chi connectivity index (χ0n) is 12.5. The quantitative estimate of drug-likeness (QED) is 0.622. The van der Waals surface area contributed by atoms with Gasteiger partial charge in [-0.2, -0.15) is 0 Å². The van der Waals surface area contributed by atoms with Crippen LogP contribution in [0.15, 0.2) is 41.0 Å². The van der Waals surface area contributed by atoms with Crippen molar-refractivity contribution in [2.24, 2.45) is 0 Å². The van der Waals surface area contributed by atoms with Crippen LogP contribution in [-0.4, -0.2) is 21.9 Å². The smallest absolute Gasteiger partial charge is 0.293 e. The summed E-state index contributed by atoms with van der Waals surface area (Å²) in [6, 6.07) is 8.55. The number of carbonyl (C=O) groups is 2. The fourth-order valence-corrected chi connectivity index (χ4v) is 3.12. The molecular formula is C15H12N4O3S2. The predicted octanol–water partition coefficient (Wildman–Crippen LogP) is 2.97. The third-order valence-electron chi connectivity index (χ3n) is 2.90. The largest absolute Gasteiger partial charge is 0.459 e. The van der Waals surface area contributed by atoms with Gasteiger partial charge < -0.3 is 15.1 Å². The van der Waals surface area contributed by atoms with E-state index in [2.05, 4.69) is 20.9 Å². The number of benzene rings is 1. The van der Waals surface area contributed by atoms with Gasteiger partial charge in [0.1, 0.15) is 0 Å². The number of aromatic nitrogens is 1. The summed E-state index contributed by atoms with van der Waals surface area (Å²) in [6.07, 6.45) is 1.41. The van der Waals surface area contributed by atoms with Gasteiger partial charge in [0.05, 0.1) is 16.5 Å². The first-order chi connectivity index (χ1) is 11.5. The SMILES string of the molecule is CC(=O)Nc1ccc2nc(NC(=S)NC(=O)c3ccco3)sc2c1. The first-order valence-electron chi connectivity index (χ1n) is 6.85. The number of amides is 2. The number of thiocarbonyl (C=S) groups is 1. The lowest BCUT2D eigenvalue weighted by Gasteiger charge is -2.04. The minimum atomic E-state index is -0.438. The van der Waals surface area contributed by atoms with Crippen molar-refractivity contribution >= 4 is 61.5 Å². The van der Waals surface area contributed by atoms with Crippen LogP contribution < -0.4 is 16.0 Å². The van der Waals surface area contributed by atoms with Crippen molar-refractivity contribution in [3.05, 3.63) is 42.4 Å². The number of thiazole rings is 1. The predicted molar refractivity (Wildman–Crippen MR) is 96.3 cm³/mol. The fourth-order valence-electron chi connectivity index (χ4n) is 1.96. The molecule has 0 spiro atoms. The molecule has 1 aromatic carbocycles. The molecule has 0 bridgehead atoms. The van der Waals surface area contributed by atoms with Crippen molar-refractivity contribution in [2.45, 2.75) is 6.92 Å². The molecular weight excluding hydrogens is 348 g/mol. The van der Waals surface area contributed by atoms with Gasteiger partial charge in [-0.25, -0.2) is 4.98 Å². The average Bonchev–Trinajstić information content (AvgIpc) is 3.14. The molecule has 3 aromatic rings. The third kappa shape index (κ3) is 3.76. The molecule has 0 saturated heterocycles. The number of furan rings is 1. The molecule has 122 valence electrons. The molecule has 2 aromatic heterocycles. The van der Waals surface area contributed by atoms with Gasteiger partial charge in [-0.15, -0.1) is 0 Å². The maximum absolute atomic E-state index is 11.8. The van der Waals surface area contributed by atoms with E-state index in [1.54, 1.807) is 24.3 Å². The number of hydrogen-bond acceptors (Lipinski definition) is 6. The van der Waals surface area contributed by atoms with Crippen LogP contribution in [0.1, 0.15) is 17.5 Å². The Kier molecular flexibility index (Phi) is 4.54. The van der Waals surface area contributed by atoms with Crippen LogP contribution in [0.3, 0.4) is 0 Å². The van der Waals surface area contributed by atoms with E-state index in [9.17, 15) is 9.59 Å². The minimum absolute atomic E-state index is 0.123. The Balaban J connectivity index is 1.69. The number of fused-ring (bicyclic) bond motifs is 1. The van der Waals surface area contributed by atoms with E-state index >= 15 is 0 Å². The summed E-state index contributed by atoms with van der Waals surface area (Å²) in [5.41, 5.74) is 1.45. The Bertz CT molecular complexity index is 918. The Morgan fingerprint density at radius 3 is 2.79 bits per heavy atom. The molecule has 0 saturated carbocycles. The van der Waals surface area contributed by atoms with E-state index in [-0.39, 0.29) is 16.8 Å². The first-order valence-corrected chi connectivity index (χ1v) is 8.08. The molecule has 0 fully saturated rings. The standard InChI is InChI=1S/C15H12N4O3S2/c1-8(20)16-9-4-5-10-12(7-9)24-15(17-10)19-14(23)18-13(21)11-3-2-6-22-11/h2-7H,1H3,(H,16,20)(H2,17,18,19,21,23). The highest BCUT2D eigenvalue weighted by Crippen LogP contribution is 2.28. The maximum atomic E-state index is 11.8. The maximum Gasteiger partial charge on any atom is 0.293 e. The summed E-state index contributed by atoms with van der Waals surface area (Å²) in [6.45, 7) is 1.45. The second-order valence-corrected chi connectivity index (χ2v) is 6.21. The van der Waals surface area contributed by atoms with Gasteiger partial charge in [0.15, 0.2) is 16.0 Å². The molecule has 0 aliphatic heterocycles. The van der Waals surface area contributed by atoms with Gasteiger partial charge in [-0.05, 0) is 42.5 Å². The summed E-state index contributed by atoms with van der Waals surface area (Å²) < 4.78 is 5.87. The summed E-state index contributed by atoms with van der Waals surface area (Å²) in [7, 11) is 0. The number of nitrogens with zero attached hydrogens (tertiary/aromatic N) is 1. The van der Waals surface area contributed by atoms with E-state index in [1.165, 1.54) is 24.5 Å². The molecule has 7 nitrogen and oxygen atoms in total. The summed E-state index contributed by atoms with van der Waals surface area (Å²) in [5.74, 6) is -0.408. The van der Waals surface area contributed by atoms with E-state index in [0.29, 0.717) is 10.8 Å². The highest BCUT2D eigenvalue weighted by molar-refractivity contribution is 7.80. The van der Waals surface area contributed by atoms with Crippen LogP contribution in [0.4, 0.5) is 10.8 Å². The molecule has 3 rings (SSSR count). The third-order valence-corrected chi connectivity index (χ3v) is 4.04. The second-order valence-electron chi connectivity index (χ2n) is 4.77. The summed E-state index contributed by atoms with van der Waals surface area (Å²) in [4.78, 5) is 27.3. The highest BCUT2D eigenvalue weighted by Gasteiger charge is 2.12. The van der Waals surface area contributed by atoms with E-state index < -0.39 is 5.91 Å². The van der Waals surface area contributed by atoms with E-state index in [1.807, 2.05) is 6.07 Å². The molecule has 0 radical (unpaired) electrons. The van der Waals surface area contributed by atoms with Crippen molar-refractivity contribution in [3.8, 4) is 0 Å². The zero-order valence-corrected chi connectivity index (χ0v) is 14.1. The fraction of sp³-hybridized carbons (Fsp3) is 0.0667. The Morgan fingerprint density at radius 2 is 2.08 bits per heavy atom. The second kappa shape index (κ2) is 6.77. The van der Waals surface area contributed by atoms with Crippen molar-refractivity contribution in [3.63, 3.8) is 0 Å². The molecule has 3 N–H and O–H groups in total. The lowest BCUT2D eigenvalue weighted by molar-refractivity contribution is -0.114. The normalized spacial score (nSPS) is 10.4. The number of nitrogens with one attached hydrogen (secondary N) is 3. The van der Waals surface area contributed by atoms with Gasteiger partial charge in [-0.1, -0.05) is 11.3 Å². The van der Waals surface area contributed by atoms with E-state index in [4.69, 9.17) is 16.6 Å². The summed E-state index contributed by atoms with van der Waals surface area (Å²) in [5, 5.41) is 8.75. The molecule has 2 amide bonds. The van der Waals surface area contributed by atoms with Gasteiger partial charge >= 0.3 is 0 Å².